The van der Waals surface area contributed by atoms with E-state index >= 15 is 0 Å². The molecule has 1 atom stereocenters. The van der Waals surface area contributed by atoms with Crippen LogP contribution in [-0.4, -0.2) is 95.7 Å². The smallest absolute Gasteiger partial charge is 0.262 e. The van der Waals surface area contributed by atoms with Crippen LogP contribution in [0.15, 0.2) is 34.9 Å². The average molecular weight is 707 g/mol. The van der Waals surface area contributed by atoms with Crippen molar-refractivity contribution in [3.8, 4) is 11.8 Å². The predicted octanol–water partition coefficient (Wildman–Crippen LogP) is 4.70. The summed E-state index contributed by atoms with van der Waals surface area (Å²) in [6.07, 6.45) is 8.57. The number of ketones is 2. The van der Waals surface area contributed by atoms with Gasteiger partial charge in [-0.25, -0.2) is 4.98 Å². The van der Waals surface area contributed by atoms with E-state index < -0.39 is 17.9 Å². The monoisotopic (exact) mass is 705 g/mol. The number of pyridine rings is 1. The van der Waals surface area contributed by atoms with E-state index in [1.165, 1.54) is 0 Å². The number of piperidine rings is 1. The van der Waals surface area contributed by atoms with Gasteiger partial charge >= 0.3 is 0 Å². The number of nitriles is 1. The zero-order valence-corrected chi connectivity index (χ0v) is 28.1. The second-order valence-corrected chi connectivity index (χ2v) is 13.8. The Morgan fingerprint density at radius 2 is 1.70 bits per heavy atom. The Hall–Kier alpha value is -3.66. The van der Waals surface area contributed by atoms with Crippen LogP contribution in [0.1, 0.15) is 90.5 Å². The van der Waals surface area contributed by atoms with Crippen molar-refractivity contribution in [3.63, 3.8) is 0 Å². The number of ether oxygens (including phenoxy) is 2. The SMILES string of the molecule is N#Cc1cc(Br)cnc1N1CC(OC2CCN(CCCCCOc3ccc4c(c3)C(=O)N(C3CCC(=O)CCCC3=O)C4=O)CC2)C1. The molecule has 1 saturated carbocycles. The summed E-state index contributed by atoms with van der Waals surface area (Å²) >= 11 is 3.37. The van der Waals surface area contributed by atoms with E-state index in [4.69, 9.17) is 9.47 Å². The first-order valence-corrected chi connectivity index (χ1v) is 17.5. The zero-order chi connectivity index (χ0) is 32.9. The number of imide groups is 1. The fourth-order valence-corrected chi connectivity index (χ4v) is 7.23. The second kappa shape index (κ2) is 15.0. The van der Waals surface area contributed by atoms with Crippen molar-refractivity contribution in [3.05, 3.63) is 51.6 Å². The Morgan fingerprint density at radius 1 is 0.915 bits per heavy atom. The highest BCUT2D eigenvalue weighted by Crippen LogP contribution is 2.31. The van der Waals surface area contributed by atoms with Crippen LogP contribution in [0.3, 0.4) is 0 Å². The first kappa shape index (κ1) is 33.2. The topological polar surface area (TPSA) is 133 Å². The molecule has 3 aliphatic heterocycles. The zero-order valence-electron chi connectivity index (χ0n) is 26.5. The van der Waals surface area contributed by atoms with Crippen LogP contribution in [0.5, 0.6) is 5.75 Å². The molecular formula is C35H40BrN5O6. The molecule has 0 bridgehead atoms. The van der Waals surface area contributed by atoms with Gasteiger partial charge in [0.2, 0.25) is 0 Å². The Labute approximate surface area is 283 Å². The standard InChI is InChI=1S/C35H40BrN5O6/c36-24-17-23(19-37)33(38-20-24)40-21-28(22-40)47-26-11-14-39(15-12-26)13-2-1-3-16-46-27-8-9-29-30(18-27)35(45)41(34(29)44)31-10-7-25(42)5-4-6-32(31)43/h8-9,17-18,20,26,28,31H,1-7,10-16,21-22H2. The summed E-state index contributed by atoms with van der Waals surface area (Å²) in [5.74, 6) is 0.195. The predicted molar refractivity (Wildman–Crippen MR) is 176 cm³/mol. The molecule has 11 nitrogen and oxygen atoms in total. The maximum Gasteiger partial charge on any atom is 0.262 e. The number of anilines is 1. The van der Waals surface area contributed by atoms with Gasteiger partial charge in [0.05, 0.1) is 41.5 Å². The third-order valence-electron chi connectivity index (χ3n) is 9.56. The number of benzene rings is 1. The summed E-state index contributed by atoms with van der Waals surface area (Å²) in [7, 11) is 0. The number of aromatic nitrogens is 1. The van der Waals surface area contributed by atoms with Crippen LogP contribution in [-0.2, 0) is 14.3 Å². The summed E-state index contributed by atoms with van der Waals surface area (Å²) in [5, 5.41) is 9.41. The highest BCUT2D eigenvalue weighted by Gasteiger charge is 2.43. The maximum atomic E-state index is 13.2. The summed E-state index contributed by atoms with van der Waals surface area (Å²) < 4.78 is 13.1. The van der Waals surface area contributed by atoms with Crippen LogP contribution < -0.4 is 9.64 Å². The minimum Gasteiger partial charge on any atom is -0.494 e. The van der Waals surface area contributed by atoms with Crippen molar-refractivity contribution in [2.24, 2.45) is 0 Å². The Kier molecular flexibility index (Phi) is 10.6. The average Bonchev–Trinajstić information content (AvgIpc) is 3.29. The number of rotatable bonds is 11. The van der Waals surface area contributed by atoms with Crippen molar-refractivity contribution in [1.29, 1.82) is 5.26 Å². The molecule has 1 unspecified atom stereocenters. The molecule has 12 heteroatoms. The van der Waals surface area contributed by atoms with Crippen molar-refractivity contribution in [1.82, 2.24) is 14.8 Å². The molecule has 4 heterocycles. The van der Waals surface area contributed by atoms with Gasteiger partial charge in [-0.1, -0.05) is 0 Å². The largest absolute Gasteiger partial charge is 0.494 e. The molecular weight excluding hydrogens is 666 g/mol. The summed E-state index contributed by atoms with van der Waals surface area (Å²) in [6.45, 7) is 5.10. The van der Waals surface area contributed by atoms with Crippen LogP contribution in [0.25, 0.3) is 0 Å². The quantitative estimate of drug-likeness (QED) is 0.239. The van der Waals surface area contributed by atoms with Crippen LogP contribution in [0.2, 0.25) is 0 Å². The number of carbonyl (C=O) groups is 4. The molecule has 2 saturated heterocycles. The van der Waals surface area contributed by atoms with E-state index in [1.807, 2.05) is 0 Å². The van der Waals surface area contributed by atoms with Crippen LogP contribution in [0.4, 0.5) is 5.82 Å². The molecule has 6 rings (SSSR count). The number of amides is 2. The lowest BCUT2D eigenvalue weighted by atomic mass is 9.94. The second-order valence-electron chi connectivity index (χ2n) is 12.9. The number of hydrogen-bond donors (Lipinski definition) is 0. The molecule has 1 aromatic heterocycles. The van der Waals surface area contributed by atoms with Gasteiger partial charge < -0.3 is 19.3 Å². The number of hydrogen-bond acceptors (Lipinski definition) is 10. The molecule has 0 spiro atoms. The minimum absolute atomic E-state index is 0.0644. The number of likely N-dealkylation sites (tertiary alicyclic amines) is 1. The molecule has 3 fully saturated rings. The summed E-state index contributed by atoms with van der Waals surface area (Å²) in [4.78, 5) is 61.1. The third kappa shape index (κ3) is 7.74. The maximum absolute atomic E-state index is 13.2. The van der Waals surface area contributed by atoms with E-state index in [0.29, 0.717) is 30.8 Å². The number of unbranched alkanes of at least 4 members (excludes halogenated alkanes) is 2. The molecule has 1 aliphatic carbocycles. The summed E-state index contributed by atoms with van der Waals surface area (Å²) in [5.41, 5.74) is 1.10. The molecule has 2 amide bonds. The van der Waals surface area contributed by atoms with Gasteiger partial charge in [-0.15, -0.1) is 0 Å². The fourth-order valence-electron chi connectivity index (χ4n) is 6.90. The highest BCUT2D eigenvalue weighted by atomic mass is 79.9. The van der Waals surface area contributed by atoms with E-state index in [0.717, 1.165) is 80.0 Å². The van der Waals surface area contributed by atoms with Crippen molar-refractivity contribution >= 4 is 45.1 Å². The lowest BCUT2D eigenvalue weighted by Gasteiger charge is -2.43. The third-order valence-corrected chi connectivity index (χ3v) is 9.99. The highest BCUT2D eigenvalue weighted by molar-refractivity contribution is 9.10. The Balaban J connectivity index is 0.866. The van der Waals surface area contributed by atoms with Crippen molar-refractivity contribution in [2.45, 2.75) is 82.5 Å². The number of nitrogens with zero attached hydrogens (tertiary/aromatic N) is 5. The van der Waals surface area contributed by atoms with Gasteiger partial charge in [-0.2, -0.15) is 5.26 Å². The number of fused-ring (bicyclic) bond motifs is 1. The van der Waals surface area contributed by atoms with E-state index in [9.17, 15) is 24.4 Å². The first-order chi connectivity index (χ1) is 22.8. The molecule has 1 aromatic carbocycles. The number of carbonyl (C=O) groups excluding carboxylic acids is 4. The Morgan fingerprint density at radius 3 is 2.49 bits per heavy atom. The van der Waals surface area contributed by atoms with Gasteiger partial charge in [-0.05, 0) is 91.7 Å². The lowest BCUT2D eigenvalue weighted by Crippen LogP contribution is -2.55. The van der Waals surface area contributed by atoms with Crippen molar-refractivity contribution < 1.29 is 28.7 Å². The van der Waals surface area contributed by atoms with Crippen LogP contribution in [0, 0.1) is 11.3 Å². The molecule has 2 aromatic rings. The molecule has 0 radical (unpaired) electrons. The number of Topliss-reactive ketones (excluding diaryl/α,β-unsaturated/α-hetero) is 2. The van der Waals surface area contributed by atoms with Gasteiger partial charge in [0.15, 0.2) is 5.78 Å². The molecule has 0 N–H and O–H groups in total. The molecule has 248 valence electrons. The molecule has 47 heavy (non-hydrogen) atoms. The van der Waals surface area contributed by atoms with Crippen molar-refractivity contribution in [2.75, 3.05) is 44.2 Å². The van der Waals surface area contributed by atoms with Gasteiger partial charge in [0.25, 0.3) is 11.8 Å². The van der Waals surface area contributed by atoms with Gasteiger partial charge in [0, 0.05) is 56.1 Å². The normalized spacial score (nSPS) is 21.3. The van der Waals surface area contributed by atoms with E-state index in [2.05, 4.69) is 36.8 Å². The van der Waals surface area contributed by atoms with E-state index in [1.54, 1.807) is 30.5 Å². The fraction of sp³-hybridized carbons (Fsp3) is 0.543. The number of halogens is 1. The van der Waals surface area contributed by atoms with E-state index in [-0.39, 0.29) is 54.2 Å². The van der Waals surface area contributed by atoms with Crippen LogP contribution >= 0.6 is 15.9 Å². The minimum atomic E-state index is -0.886. The van der Waals surface area contributed by atoms with Gasteiger partial charge in [-0.3, -0.25) is 24.1 Å². The lowest BCUT2D eigenvalue weighted by molar-refractivity contribution is -0.125. The summed E-state index contributed by atoms with van der Waals surface area (Å²) in [6, 6.07) is 8.03. The van der Waals surface area contributed by atoms with Gasteiger partial charge in [0.1, 0.15) is 23.4 Å². The molecule has 4 aliphatic rings. The Bertz CT molecular complexity index is 1560. The first-order valence-electron chi connectivity index (χ1n) is 16.7.